The Kier molecular flexibility index (Phi) is 2.41. The van der Waals surface area contributed by atoms with Crippen molar-refractivity contribution >= 4 is 5.97 Å². The van der Waals surface area contributed by atoms with Gasteiger partial charge < -0.3 is 4.74 Å². The van der Waals surface area contributed by atoms with E-state index in [1.807, 2.05) is 6.92 Å². The van der Waals surface area contributed by atoms with Crippen LogP contribution in [0.25, 0.3) is 0 Å². The summed E-state index contributed by atoms with van der Waals surface area (Å²) in [5, 5.41) is 3.93. The molecule has 4 nitrogen and oxygen atoms in total. The van der Waals surface area contributed by atoms with Crippen LogP contribution in [0.5, 0.6) is 0 Å². The molecule has 0 unspecified atom stereocenters. The molecule has 0 N–H and O–H groups in total. The Morgan fingerprint density at radius 2 is 2.50 bits per heavy atom. The molecular formula is C10H16N2O2. The van der Waals surface area contributed by atoms with Gasteiger partial charge >= 0.3 is 5.97 Å². The molecule has 0 radical (unpaired) electrons. The van der Waals surface area contributed by atoms with E-state index in [-0.39, 0.29) is 12.3 Å². The van der Waals surface area contributed by atoms with Crippen LogP contribution >= 0.6 is 0 Å². The molecule has 0 aromatic carbocycles. The van der Waals surface area contributed by atoms with Crippen LogP contribution in [0.3, 0.4) is 0 Å². The average molecular weight is 199 g/mol. The molecule has 0 atom stereocenters. The van der Waals surface area contributed by atoms with Gasteiger partial charge in [-0.25, -0.2) is 4.79 Å². The molecule has 0 amide bonds. The lowest BCUT2D eigenvalue weighted by Gasteiger charge is -2.00. The number of ether oxygens (including phenoxy) is 1. The first kappa shape index (κ1) is 7.04. The minimum Gasteiger partial charge on any atom is -0.461 e. The van der Waals surface area contributed by atoms with Gasteiger partial charge in [0, 0.05) is 11.1 Å². The van der Waals surface area contributed by atoms with E-state index >= 15 is 0 Å². The Bertz CT molecular complexity index is 399. The first-order valence-electron chi connectivity index (χ1n) is 6.16. The highest BCUT2D eigenvalue weighted by Crippen LogP contribution is 2.06. The van der Waals surface area contributed by atoms with E-state index in [9.17, 15) is 4.79 Å². The molecule has 1 aromatic rings. The number of hydrogen-bond donors (Lipinski definition) is 0. The van der Waals surface area contributed by atoms with Crippen molar-refractivity contribution < 1.29 is 13.6 Å². The minimum atomic E-state index is -2.46. The van der Waals surface area contributed by atoms with Crippen molar-refractivity contribution in [2.75, 3.05) is 6.61 Å². The van der Waals surface area contributed by atoms with Gasteiger partial charge in [0.1, 0.15) is 5.69 Å². The summed E-state index contributed by atoms with van der Waals surface area (Å²) in [4.78, 5) is 11.6. The van der Waals surface area contributed by atoms with Crippen LogP contribution < -0.4 is 0 Å². The fourth-order valence-corrected chi connectivity index (χ4v) is 1.16. The first-order valence-corrected chi connectivity index (χ1v) is 4.66. The predicted molar refractivity (Wildman–Crippen MR) is 53.2 cm³/mol. The number of nitrogens with zero attached hydrogens (tertiary/aromatic N) is 2. The summed E-state index contributed by atoms with van der Waals surface area (Å²) in [5.41, 5.74) is 0.571. The molecule has 0 saturated carbocycles. The molecule has 0 aliphatic rings. The topological polar surface area (TPSA) is 44.1 Å². The van der Waals surface area contributed by atoms with Crippen LogP contribution in [0.1, 0.15) is 40.6 Å². The number of aryl methyl sites for hydroxylation is 2. The van der Waals surface area contributed by atoms with E-state index in [0.717, 1.165) is 11.1 Å². The lowest BCUT2D eigenvalue weighted by atomic mass is 10.2. The molecule has 0 aliphatic heterocycles. The zero-order valence-corrected chi connectivity index (χ0v) is 8.41. The summed E-state index contributed by atoms with van der Waals surface area (Å²) in [7, 11) is 0. The highest BCUT2D eigenvalue weighted by molar-refractivity contribution is 5.87. The van der Waals surface area contributed by atoms with Gasteiger partial charge in [0.15, 0.2) is 0 Å². The van der Waals surface area contributed by atoms with Crippen molar-refractivity contribution in [1.29, 1.82) is 0 Å². The SMILES string of the molecule is [2H]C([2H])([2H])n1nc(CCC)cc1C(=O)OCC. The number of carbonyl (C=O) groups excluding carboxylic acids is 1. The monoisotopic (exact) mass is 199 g/mol. The van der Waals surface area contributed by atoms with Crippen LogP contribution in [0.4, 0.5) is 0 Å². The van der Waals surface area contributed by atoms with Crippen LogP contribution in [0.15, 0.2) is 6.07 Å². The molecule has 0 bridgehead atoms. The zero-order valence-electron chi connectivity index (χ0n) is 11.4. The lowest BCUT2D eigenvalue weighted by Crippen LogP contribution is -2.10. The molecule has 4 heteroatoms. The molecule has 0 spiro atoms. The quantitative estimate of drug-likeness (QED) is 0.691. The Morgan fingerprint density at radius 3 is 3.07 bits per heavy atom. The second-order valence-corrected chi connectivity index (χ2v) is 2.90. The van der Waals surface area contributed by atoms with Gasteiger partial charge in [-0.1, -0.05) is 13.3 Å². The molecular weight excluding hydrogens is 180 g/mol. The summed E-state index contributed by atoms with van der Waals surface area (Å²) >= 11 is 0. The van der Waals surface area contributed by atoms with E-state index in [4.69, 9.17) is 8.85 Å². The molecule has 1 aromatic heterocycles. The number of rotatable bonds is 4. The standard InChI is InChI=1S/C10H16N2O2/c1-4-6-8-7-9(12(3)11-8)10(13)14-5-2/h7H,4-6H2,1-3H3/i3D3. The van der Waals surface area contributed by atoms with E-state index in [0.29, 0.717) is 12.1 Å². The predicted octanol–water partition coefficient (Wildman–Crippen LogP) is 1.55. The van der Waals surface area contributed by atoms with E-state index in [1.165, 1.54) is 6.07 Å². The molecule has 78 valence electrons. The van der Waals surface area contributed by atoms with Gasteiger partial charge in [0.2, 0.25) is 0 Å². The molecule has 14 heavy (non-hydrogen) atoms. The Balaban J connectivity index is 3.12. The summed E-state index contributed by atoms with van der Waals surface area (Å²) < 4.78 is 27.5. The summed E-state index contributed by atoms with van der Waals surface area (Å²) in [6.07, 6.45) is 1.47. The average Bonchev–Trinajstić information content (AvgIpc) is 2.62. The molecule has 1 rings (SSSR count). The second-order valence-electron chi connectivity index (χ2n) is 2.90. The zero-order chi connectivity index (χ0) is 13.1. The normalized spacial score (nSPS) is 14.3. The van der Waals surface area contributed by atoms with Crippen molar-refractivity contribution in [3.63, 3.8) is 0 Å². The summed E-state index contributed by atoms with van der Waals surface area (Å²) in [6, 6.07) is 1.48. The summed E-state index contributed by atoms with van der Waals surface area (Å²) in [5.74, 6) is -0.654. The van der Waals surface area contributed by atoms with Gasteiger partial charge in [0.25, 0.3) is 0 Å². The smallest absolute Gasteiger partial charge is 0.356 e. The van der Waals surface area contributed by atoms with E-state index < -0.39 is 12.9 Å². The third-order valence-corrected chi connectivity index (χ3v) is 1.75. The van der Waals surface area contributed by atoms with Crippen LogP contribution in [-0.4, -0.2) is 22.4 Å². The number of hydrogen-bond acceptors (Lipinski definition) is 3. The van der Waals surface area contributed by atoms with E-state index in [1.54, 1.807) is 6.92 Å². The summed E-state index contributed by atoms with van der Waals surface area (Å²) in [6.45, 7) is 1.36. The van der Waals surface area contributed by atoms with Crippen molar-refractivity contribution in [3.8, 4) is 0 Å². The van der Waals surface area contributed by atoms with Crippen molar-refractivity contribution in [3.05, 3.63) is 17.5 Å². The maximum atomic E-state index is 11.6. The minimum absolute atomic E-state index is 0.0182. The largest absolute Gasteiger partial charge is 0.461 e. The maximum Gasteiger partial charge on any atom is 0.356 e. The Morgan fingerprint density at radius 1 is 1.71 bits per heavy atom. The molecule has 0 aliphatic carbocycles. The van der Waals surface area contributed by atoms with Gasteiger partial charge in [-0.2, -0.15) is 5.10 Å². The fraction of sp³-hybridized carbons (Fsp3) is 0.600. The van der Waals surface area contributed by atoms with Crippen molar-refractivity contribution in [2.24, 2.45) is 6.98 Å². The van der Waals surface area contributed by atoms with Crippen LogP contribution in [0.2, 0.25) is 0 Å². The third kappa shape index (κ3) is 2.34. The van der Waals surface area contributed by atoms with Crippen LogP contribution in [-0.2, 0) is 18.1 Å². The molecule has 0 saturated heterocycles. The first-order chi connectivity index (χ1) is 7.90. The number of esters is 1. The highest BCUT2D eigenvalue weighted by atomic mass is 16.5. The number of carbonyl (C=O) groups is 1. The Hall–Kier alpha value is -1.32. The fourth-order valence-electron chi connectivity index (χ4n) is 1.16. The van der Waals surface area contributed by atoms with Crippen LogP contribution in [0, 0.1) is 0 Å². The van der Waals surface area contributed by atoms with Crippen molar-refractivity contribution in [2.45, 2.75) is 26.7 Å². The maximum absolute atomic E-state index is 11.6. The van der Waals surface area contributed by atoms with Gasteiger partial charge in [-0.15, -0.1) is 0 Å². The molecule has 0 fully saturated rings. The molecule has 1 heterocycles. The van der Waals surface area contributed by atoms with Crippen molar-refractivity contribution in [1.82, 2.24) is 9.78 Å². The van der Waals surface area contributed by atoms with Gasteiger partial charge in [-0.3, -0.25) is 4.68 Å². The highest BCUT2D eigenvalue weighted by Gasteiger charge is 2.13. The lowest BCUT2D eigenvalue weighted by molar-refractivity contribution is 0.0513. The number of aromatic nitrogens is 2. The van der Waals surface area contributed by atoms with Gasteiger partial charge in [0.05, 0.1) is 12.3 Å². The van der Waals surface area contributed by atoms with E-state index in [2.05, 4.69) is 5.10 Å². The Labute approximate surface area is 88.1 Å². The van der Waals surface area contributed by atoms with Gasteiger partial charge in [-0.05, 0) is 19.4 Å². The third-order valence-electron chi connectivity index (χ3n) is 1.75. The second kappa shape index (κ2) is 4.79.